The average Bonchev–Trinajstić information content (AvgIpc) is 3.22. The van der Waals surface area contributed by atoms with Crippen molar-refractivity contribution in [2.45, 2.75) is 44.4 Å². The number of carbonyl (C=O) groups is 2. The third-order valence-corrected chi connectivity index (χ3v) is 6.14. The lowest BCUT2D eigenvalue weighted by Crippen LogP contribution is -2.64. The van der Waals surface area contributed by atoms with Crippen LogP contribution >= 0.6 is 11.3 Å². The van der Waals surface area contributed by atoms with E-state index in [0.717, 1.165) is 11.3 Å². The maximum atomic E-state index is 13.2. The van der Waals surface area contributed by atoms with Gasteiger partial charge in [0.1, 0.15) is 5.82 Å². The van der Waals surface area contributed by atoms with Crippen LogP contribution in [0.4, 0.5) is 9.18 Å². The van der Waals surface area contributed by atoms with E-state index in [1.165, 1.54) is 35.6 Å². The zero-order valence-corrected chi connectivity index (χ0v) is 17.3. The highest BCUT2D eigenvalue weighted by Crippen LogP contribution is 2.39. The lowest BCUT2D eigenvalue weighted by atomic mass is 9.81. The molecule has 0 bridgehead atoms. The van der Waals surface area contributed by atoms with Crippen molar-refractivity contribution in [3.63, 3.8) is 0 Å². The Balaban J connectivity index is 1.92. The SMILES string of the molecule is CCCNC(=O)N1CCC(C)(O)C(NC(=O)c2ccc(F)cc2)C1c1cccs1. The predicted molar refractivity (Wildman–Crippen MR) is 110 cm³/mol. The van der Waals surface area contributed by atoms with Crippen molar-refractivity contribution < 1.29 is 19.1 Å². The fourth-order valence-corrected chi connectivity index (χ4v) is 4.43. The van der Waals surface area contributed by atoms with Crippen molar-refractivity contribution in [1.82, 2.24) is 15.5 Å². The standard InChI is InChI=1S/C21H26FN3O3S/c1-3-11-23-20(27)25-12-10-21(2,28)18(17(25)16-5-4-13-29-16)24-19(26)14-6-8-15(22)9-7-14/h4-9,13,17-18,28H,3,10-12H2,1-2H3,(H,23,27)(H,24,26). The molecule has 6 nitrogen and oxygen atoms in total. The Morgan fingerprint density at radius 2 is 2.03 bits per heavy atom. The molecular formula is C21H26FN3O3S. The van der Waals surface area contributed by atoms with Crippen LogP contribution in [0.1, 0.15) is 48.0 Å². The predicted octanol–water partition coefficient (Wildman–Crippen LogP) is 3.30. The van der Waals surface area contributed by atoms with E-state index in [0.29, 0.717) is 25.1 Å². The molecule has 2 aromatic rings. The van der Waals surface area contributed by atoms with Crippen LogP contribution in [0.5, 0.6) is 0 Å². The van der Waals surface area contributed by atoms with Gasteiger partial charge in [-0.25, -0.2) is 9.18 Å². The molecule has 3 atom stereocenters. The minimum absolute atomic E-state index is 0.221. The first kappa shape index (κ1) is 21.3. The Bertz CT molecular complexity index is 839. The van der Waals surface area contributed by atoms with Gasteiger partial charge < -0.3 is 20.6 Å². The number of aliphatic hydroxyl groups is 1. The van der Waals surface area contributed by atoms with Crippen LogP contribution in [0, 0.1) is 5.82 Å². The molecule has 1 fully saturated rings. The van der Waals surface area contributed by atoms with Gasteiger partial charge in [-0.15, -0.1) is 11.3 Å². The van der Waals surface area contributed by atoms with Crippen LogP contribution in [0.2, 0.25) is 0 Å². The van der Waals surface area contributed by atoms with E-state index in [4.69, 9.17) is 0 Å². The van der Waals surface area contributed by atoms with Crippen LogP contribution in [0.25, 0.3) is 0 Å². The van der Waals surface area contributed by atoms with Crippen molar-refractivity contribution in [1.29, 1.82) is 0 Å². The molecule has 1 aromatic carbocycles. The summed E-state index contributed by atoms with van der Waals surface area (Å²) in [6.45, 7) is 4.57. The molecule has 0 radical (unpaired) electrons. The monoisotopic (exact) mass is 419 g/mol. The Hall–Kier alpha value is -2.45. The normalized spacial score (nSPS) is 24.2. The Morgan fingerprint density at radius 3 is 2.66 bits per heavy atom. The highest BCUT2D eigenvalue weighted by Gasteiger charge is 2.48. The second-order valence-electron chi connectivity index (χ2n) is 7.45. The number of carbonyl (C=O) groups excluding carboxylic acids is 2. The summed E-state index contributed by atoms with van der Waals surface area (Å²) in [5, 5.41) is 18.8. The second kappa shape index (κ2) is 8.92. The Labute approximate surface area is 173 Å². The molecule has 1 aliphatic rings. The van der Waals surface area contributed by atoms with Crippen molar-refractivity contribution in [2.75, 3.05) is 13.1 Å². The van der Waals surface area contributed by atoms with Gasteiger partial charge in [0.05, 0.1) is 17.7 Å². The number of likely N-dealkylation sites (tertiary alicyclic amines) is 1. The smallest absolute Gasteiger partial charge is 0.318 e. The van der Waals surface area contributed by atoms with Crippen molar-refractivity contribution in [3.8, 4) is 0 Å². The number of urea groups is 1. The summed E-state index contributed by atoms with van der Waals surface area (Å²) in [4.78, 5) is 28.2. The lowest BCUT2D eigenvalue weighted by molar-refractivity contribution is -0.0503. The van der Waals surface area contributed by atoms with Gasteiger partial charge in [-0.05, 0) is 55.5 Å². The van der Waals surface area contributed by atoms with Gasteiger partial charge in [0.15, 0.2) is 0 Å². The molecule has 29 heavy (non-hydrogen) atoms. The molecule has 0 saturated carbocycles. The second-order valence-corrected chi connectivity index (χ2v) is 8.43. The molecule has 1 saturated heterocycles. The highest BCUT2D eigenvalue weighted by atomic mass is 32.1. The topological polar surface area (TPSA) is 81.7 Å². The number of rotatable bonds is 5. The number of hydrogen-bond donors (Lipinski definition) is 3. The van der Waals surface area contributed by atoms with E-state index < -0.39 is 29.4 Å². The summed E-state index contributed by atoms with van der Waals surface area (Å²) in [7, 11) is 0. The quantitative estimate of drug-likeness (QED) is 0.696. The summed E-state index contributed by atoms with van der Waals surface area (Å²) in [6, 6.07) is 7.55. The van der Waals surface area contributed by atoms with Crippen molar-refractivity contribution >= 4 is 23.3 Å². The first-order valence-electron chi connectivity index (χ1n) is 9.70. The first-order chi connectivity index (χ1) is 13.8. The number of piperidine rings is 1. The van der Waals surface area contributed by atoms with E-state index in [1.54, 1.807) is 11.8 Å². The van der Waals surface area contributed by atoms with Crippen molar-refractivity contribution in [2.24, 2.45) is 0 Å². The molecule has 1 aliphatic heterocycles. The first-order valence-corrected chi connectivity index (χ1v) is 10.6. The maximum absolute atomic E-state index is 13.2. The number of thiophene rings is 1. The van der Waals surface area contributed by atoms with Gasteiger partial charge in [-0.3, -0.25) is 4.79 Å². The van der Waals surface area contributed by atoms with Crippen LogP contribution in [-0.4, -0.2) is 46.7 Å². The Kier molecular flexibility index (Phi) is 6.54. The number of halogens is 1. The van der Waals surface area contributed by atoms with Gasteiger partial charge in [-0.1, -0.05) is 13.0 Å². The minimum Gasteiger partial charge on any atom is -0.388 e. The van der Waals surface area contributed by atoms with E-state index in [1.807, 2.05) is 24.4 Å². The zero-order chi connectivity index (χ0) is 21.0. The van der Waals surface area contributed by atoms with E-state index in [9.17, 15) is 19.1 Å². The summed E-state index contributed by atoms with van der Waals surface area (Å²) in [6.07, 6.45) is 1.13. The molecule has 3 unspecified atom stereocenters. The Morgan fingerprint density at radius 1 is 1.31 bits per heavy atom. The minimum atomic E-state index is -1.22. The fourth-order valence-electron chi connectivity index (χ4n) is 3.56. The van der Waals surface area contributed by atoms with Crippen molar-refractivity contribution in [3.05, 3.63) is 58.0 Å². The largest absolute Gasteiger partial charge is 0.388 e. The molecule has 0 aliphatic carbocycles. The summed E-state index contributed by atoms with van der Waals surface area (Å²) >= 11 is 1.47. The molecule has 3 rings (SSSR count). The molecule has 156 valence electrons. The van der Waals surface area contributed by atoms with E-state index >= 15 is 0 Å². The summed E-state index contributed by atoms with van der Waals surface area (Å²) < 4.78 is 13.2. The third-order valence-electron chi connectivity index (χ3n) is 5.20. The highest BCUT2D eigenvalue weighted by molar-refractivity contribution is 7.10. The molecular weight excluding hydrogens is 393 g/mol. The molecule has 2 heterocycles. The number of nitrogens with one attached hydrogen (secondary N) is 2. The molecule has 1 aromatic heterocycles. The zero-order valence-electron chi connectivity index (χ0n) is 16.5. The van der Waals surface area contributed by atoms with Crippen LogP contribution in [0.15, 0.2) is 41.8 Å². The lowest BCUT2D eigenvalue weighted by Gasteiger charge is -2.48. The van der Waals surface area contributed by atoms with Crippen LogP contribution < -0.4 is 10.6 Å². The number of benzene rings is 1. The van der Waals surface area contributed by atoms with E-state index in [-0.39, 0.29) is 6.03 Å². The van der Waals surface area contributed by atoms with Crippen LogP contribution in [0.3, 0.4) is 0 Å². The molecule has 3 amide bonds. The van der Waals surface area contributed by atoms with Gasteiger partial charge in [0, 0.05) is 23.5 Å². The third kappa shape index (κ3) is 4.76. The fraction of sp³-hybridized carbons (Fsp3) is 0.429. The van der Waals surface area contributed by atoms with Gasteiger partial charge in [0.25, 0.3) is 5.91 Å². The number of amides is 3. The summed E-state index contributed by atoms with van der Waals surface area (Å²) in [5.41, 5.74) is -0.925. The molecule has 3 N–H and O–H groups in total. The molecule has 0 spiro atoms. The summed E-state index contributed by atoms with van der Waals surface area (Å²) in [5.74, 6) is -0.853. The number of nitrogens with zero attached hydrogens (tertiary/aromatic N) is 1. The average molecular weight is 420 g/mol. The van der Waals surface area contributed by atoms with Gasteiger partial charge >= 0.3 is 6.03 Å². The van der Waals surface area contributed by atoms with Crippen LogP contribution in [-0.2, 0) is 0 Å². The van der Waals surface area contributed by atoms with Gasteiger partial charge in [0.2, 0.25) is 0 Å². The van der Waals surface area contributed by atoms with E-state index in [2.05, 4.69) is 10.6 Å². The maximum Gasteiger partial charge on any atom is 0.318 e. The number of hydrogen-bond acceptors (Lipinski definition) is 4. The molecule has 8 heteroatoms. The van der Waals surface area contributed by atoms with Gasteiger partial charge in [-0.2, -0.15) is 0 Å².